The van der Waals surface area contributed by atoms with Gasteiger partial charge in [-0.1, -0.05) is 18.2 Å². The van der Waals surface area contributed by atoms with E-state index in [0.29, 0.717) is 0 Å². The quantitative estimate of drug-likeness (QED) is 0.703. The molecule has 1 aliphatic heterocycles. The van der Waals surface area contributed by atoms with E-state index in [2.05, 4.69) is 49.6 Å². The molecule has 0 spiro atoms. The summed E-state index contributed by atoms with van der Waals surface area (Å²) in [6.45, 7) is 0.943. The Morgan fingerprint density at radius 1 is 1.11 bits per heavy atom. The number of benzene rings is 1. The van der Waals surface area contributed by atoms with Crippen LogP contribution in [0.4, 0.5) is 11.5 Å². The summed E-state index contributed by atoms with van der Waals surface area (Å²) in [5.41, 5.74) is 4.26. The number of H-pyrrole nitrogens is 1. The minimum absolute atomic E-state index is 0.828. The van der Waals surface area contributed by atoms with Crippen LogP contribution in [0.15, 0.2) is 36.5 Å². The summed E-state index contributed by atoms with van der Waals surface area (Å²) in [6.07, 6.45) is 2.83. The van der Waals surface area contributed by atoms with E-state index in [4.69, 9.17) is 0 Å². The number of rotatable bonds is 1. The molecule has 0 radical (unpaired) electrons. The molecular weight excluding hydrogens is 226 g/mol. The number of aromatic amines is 1. The molecule has 18 heavy (non-hydrogen) atoms. The SMILES string of the molecule is c1ccc2c(c1)CCN2c1nccc2n[nH]nc12. The highest BCUT2D eigenvalue weighted by Crippen LogP contribution is 2.35. The first-order chi connectivity index (χ1) is 8.93. The predicted molar refractivity (Wildman–Crippen MR) is 68.8 cm³/mol. The summed E-state index contributed by atoms with van der Waals surface area (Å²) in [6, 6.07) is 10.3. The van der Waals surface area contributed by atoms with Crippen molar-refractivity contribution < 1.29 is 0 Å². The minimum atomic E-state index is 0.828. The fraction of sp³-hybridized carbons (Fsp3) is 0.154. The third-order valence-corrected chi connectivity index (χ3v) is 3.36. The summed E-state index contributed by atoms with van der Waals surface area (Å²) >= 11 is 0. The number of aromatic nitrogens is 4. The maximum atomic E-state index is 4.46. The van der Waals surface area contributed by atoms with Gasteiger partial charge < -0.3 is 4.90 Å². The second-order valence-corrected chi connectivity index (χ2v) is 4.36. The monoisotopic (exact) mass is 237 g/mol. The first kappa shape index (κ1) is 9.58. The Balaban J connectivity index is 1.92. The predicted octanol–water partition coefficient (Wildman–Crippen LogP) is 2.05. The molecular formula is C13H11N5. The lowest BCUT2D eigenvalue weighted by atomic mass is 10.2. The van der Waals surface area contributed by atoms with Gasteiger partial charge in [0, 0.05) is 18.4 Å². The standard InChI is InChI=1S/C13H11N5/c1-2-4-11-9(3-1)6-8-18(11)13-12-10(5-7-14-13)15-17-16-12/h1-5,7H,6,8H2,(H,15,16,17). The van der Waals surface area contributed by atoms with Crippen LogP contribution in [0.2, 0.25) is 0 Å². The molecule has 1 aromatic carbocycles. The molecule has 0 saturated heterocycles. The number of nitrogens with zero attached hydrogens (tertiary/aromatic N) is 4. The highest BCUT2D eigenvalue weighted by atomic mass is 15.3. The topological polar surface area (TPSA) is 57.7 Å². The molecule has 0 unspecified atom stereocenters. The lowest BCUT2D eigenvalue weighted by molar-refractivity contribution is 0.951. The highest BCUT2D eigenvalue weighted by molar-refractivity contribution is 5.88. The van der Waals surface area contributed by atoms with Crippen LogP contribution in [0, 0.1) is 0 Å². The van der Waals surface area contributed by atoms with Gasteiger partial charge in [-0.3, -0.25) is 0 Å². The molecule has 5 heteroatoms. The molecule has 0 saturated carbocycles. The van der Waals surface area contributed by atoms with E-state index in [1.54, 1.807) is 6.20 Å². The normalized spacial score (nSPS) is 14.1. The van der Waals surface area contributed by atoms with Gasteiger partial charge in [-0.15, -0.1) is 0 Å². The van der Waals surface area contributed by atoms with E-state index >= 15 is 0 Å². The number of hydrogen-bond donors (Lipinski definition) is 1. The van der Waals surface area contributed by atoms with E-state index in [1.807, 2.05) is 6.07 Å². The number of hydrogen-bond acceptors (Lipinski definition) is 4. The van der Waals surface area contributed by atoms with Crippen LogP contribution < -0.4 is 4.90 Å². The molecule has 4 rings (SSSR count). The Kier molecular flexibility index (Phi) is 1.88. The second kappa shape index (κ2) is 3.53. The third kappa shape index (κ3) is 1.24. The van der Waals surface area contributed by atoms with Gasteiger partial charge in [0.05, 0.1) is 0 Å². The van der Waals surface area contributed by atoms with Crippen molar-refractivity contribution in [2.45, 2.75) is 6.42 Å². The van der Waals surface area contributed by atoms with Crippen molar-refractivity contribution in [3.05, 3.63) is 42.1 Å². The van der Waals surface area contributed by atoms with Crippen LogP contribution >= 0.6 is 0 Å². The van der Waals surface area contributed by atoms with Gasteiger partial charge in [-0.25, -0.2) is 4.98 Å². The molecule has 5 nitrogen and oxygen atoms in total. The zero-order valence-electron chi connectivity index (χ0n) is 9.67. The van der Waals surface area contributed by atoms with Crippen molar-refractivity contribution >= 4 is 22.5 Å². The molecule has 3 heterocycles. The summed E-state index contributed by atoms with van der Waals surface area (Å²) in [5.74, 6) is 0.881. The summed E-state index contributed by atoms with van der Waals surface area (Å²) < 4.78 is 0. The van der Waals surface area contributed by atoms with Gasteiger partial charge in [-0.2, -0.15) is 15.4 Å². The lowest BCUT2D eigenvalue weighted by Gasteiger charge is -2.17. The van der Waals surface area contributed by atoms with Crippen molar-refractivity contribution in [3.8, 4) is 0 Å². The van der Waals surface area contributed by atoms with Crippen LogP contribution in [0.25, 0.3) is 11.0 Å². The number of fused-ring (bicyclic) bond motifs is 2. The smallest absolute Gasteiger partial charge is 0.163 e. The summed E-state index contributed by atoms with van der Waals surface area (Å²) in [4.78, 5) is 6.67. The Bertz CT molecular complexity index is 718. The Morgan fingerprint density at radius 3 is 3.06 bits per heavy atom. The Hall–Kier alpha value is -2.43. The molecule has 0 atom stereocenters. The molecule has 3 aromatic rings. The van der Waals surface area contributed by atoms with Crippen LogP contribution in [0.5, 0.6) is 0 Å². The fourth-order valence-corrected chi connectivity index (χ4v) is 2.52. The third-order valence-electron chi connectivity index (χ3n) is 3.36. The van der Waals surface area contributed by atoms with E-state index in [-0.39, 0.29) is 0 Å². The van der Waals surface area contributed by atoms with Gasteiger partial charge in [0.15, 0.2) is 11.3 Å². The average Bonchev–Trinajstić information content (AvgIpc) is 3.05. The first-order valence-electron chi connectivity index (χ1n) is 5.94. The maximum absolute atomic E-state index is 4.46. The minimum Gasteiger partial charge on any atom is -0.324 e. The Labute approximate surface area is 103 Å². The lowest BCUT2D eigenvalue weighted by Crippen LogP contribution is -2.15. The molecule has 0 bridgehead atoms. The molecule has 0 fully saturated rings. The maximum Gasteiger partial charge on any atom is 0.163 e. The summed E-state index contributed by atoms with van der Waals surface area (Å²) in [7, 11) is 0. The highest BCUT2D eigenvalue weighted by Gasteiger charge is 2.23. The number of anilines is 2. The largest absolute Gasteiger partial charge is 0.324 e. The average molecular weight is 237 g/mol. The number of nitrogens with one attached hydrogen (secondary N) is 1. The number of para-hydroxylation sites is 1. The second-order valence-electron chi connectivity index (χ2n) is 4.36. The Morgan fingerprint density at radius 2 is 2.06 bits per heavy atom. The van der Waals surface area contributed by atoms with Gasteiger partial charge in [0.1, 0.15) is 5.52 Å². The molecule has 0 amide bonds. The van der Waals surface area contributed by atoms with Crippen LogP contribution in [0.1, 0.15) is 5.56 Å². The van der Waals surface area contributed by atoms with Crippen molar-refractivity contribution in [2.75, 3.05) is 11.4 Å². The van der Waals surface area contributed by atoms with Crippen LogP contribution in [0.3, 0.4) is 0 Å². The van der Waals surface area contributed by atoms with Gasteiger partial charge in [0.2, 0.25) is 0 Å². The van der Waals surface area contributed by atoms with Crippen molar-refractivity contribution in [3.63, 3.8) is 0 Å². The van der Waals surface area contributed by atoms with E-state index in [0.717, 1.165) is 29.8 Å². The fourth-order valence-electron chi connectivity index (χ4n) is 2.52. The van der Waals surface area contributed by atoms with E-state index in [1.165, 1.54) is 11.3 Å². The summed E-state index contributed by atoms with van der Waals surface area (Å²) in [5, 5.41) is 11.0. The van der Waals surface area contributed by atoms with Crippen LogP contribution in [-0.4, -0.2) is 26.9 Å². The van der Waals surface area contributed by atoms with Gasteiger partial charge in [0.25, 0.3) is 0 Å². The van der Waals surface area contributed by atoms with Crippen LogP contribution in [-0.2, 0) is 6.42 Å². The molecule has 0 aliphatic carbocycles. The van der Waals surface area contributed by atoms with Gasteiger partial charge >= 0.3 is 0 Å². The first-order valence-corrected chi connectivity index (χ1v) is 5.94. The van der Waals surface area contributed by atoms with Crippen molar-refractivity contribution in [2.24, 2.45) is 0 Å². The molecule has 1 aliphatic rings. The zero-order valence-corrected chi connectivity index (χ0v) is 9.67. The van der Waals surface area contributed by atoms with E-state index in [9.17, 15) is 0 Å². The van der Waals surface area contributed by atoms with Gasteiger partial charge in [-0.05, 0) is 24.1 Å². The molecule has 1 N–H and O–H groups in total. The molecule has 2 aromatic heterocycles. The van der Waals surface area contributed by atoms with Crippen molar-refractivity contribution in [1.29, 1.82) is 0 Å². The van der Waals surface area contributed by atoms with Crippen molar-refractivity contribution in [1.82, 2.24) is 20.4 Å². The zero-order chi connectivity index (χ0) is 11.9. The number of pyridine rings is 1. The van der Waals surface area contributed by atoms with E-state index < -0.39 is 0 Å². The molecule has 88 valence electrons.